The van der Waals surface area contributed by atoms with Gasteiger partial charge in [0, 0.05) is 29.5 Å². The maximum Gasteiger partial charge on any atom is 0.273 e. The molecule has 0 bridgehead atoms. The molecule has 1 fully saturated rings. The molecule has 1 aliphatic rings. The Kier molecular flexibility index (Phi) is 4.36. The number of carbonyl (C=O) groups is 2. The molecule has 0 radical (unpaired) electrons. The van der Waals surface area contributed by atoms with E-state index in [4.69, 9.17) is 11.6 Å². The second kappa shape index (κ2) is 6.70. The van der Waals surface area contributed by atoms with E-state index in [-0.39, 0.29) is 24.4 Å². The van der Waals surface area contributed by atoms with Crippen LogP contribution < -0.4 is 4.90 Å². The van der Waals surface area contributed by atoms with Gasteiger partial charge in [0.05, 0.1) is 5.69 Å². The number of benzene rings is 1. The number of rotatable bonds is 2. The lowest BCUT2D eigenvalue weighted by molar-refractivity contribution is -0.121. The summed E-state index contributed by atoms with van der Waals surface area (Å²) in [6.07, 6.45) is 1.82. The number of imidazole rings is 1. The molecule has 1 atom stereocenters. The average molecular weight is 383 g/mol. The number of aromatic nitrogens is 2. The number of pyridine rings is 1. The third-order valence-electron chi connectivity index (χ3n) is 4.87. The van der Waals surface area contributed by atoms with Crippen molar-refractivity contribution in [1.29, 1.82) is 0 Å². The average Bonchev–Trinajstić information content (AvgIpc) is 2.98. The van der Waals surface area contributed by atoms with Crippen LogP contribution in [0.1, 0.15) is 23.1 Å². The largest absolute Gasteiger partial charge is 0.323 e. The van der Waals surface area contributed by atoms with Crippen LogP contribution in [0.4, 0.5) is 5.69 Å². The minimum Gasteiger partial charge on any atom is -0.323 e. The summed E-state index contributed by atoms with van der Waals surface area (Å²) in [4.78, 5) is 33.7. The van der Waals surface area contributed by atoms with Gasteiger partial charge in [0.1, 0.15) is 17.9 Å². The summed E-state index contributed by atoms with van der Waals surface area (Å²) in [7, 11) is 0. The molecule has 1 aromatic carbocycles. The molecule has 2 amide bonds. The van der Waals surface area contributed by atoms with Crippen molar-refractivity contribution >= 4 is 34.7 Å². The zero-order chi connectivity index (χ0) is 19.1. The van der Waals surface area contributed by atoms with Crippen molar-refractivity contribution in [3.63, 3.8) is 0 Å². The third kappa shape index (κ3) is 3.06. The Morgan fingerprint density at radius 1 is 1.22 bits per heavy atom. The van der Waals surface area contributed by atoms with E-state index in [0.717, 1.165) is 11.3 Å². The van der Waals surface area contributed by atoms with Crippen molar-refractivity contribution in [2.45, 2.75) is 19.9 Å². The Labute approximate surface area is 162 Å². The van der Waals surface area contributed by atoms with Crippen molar-refractivity contribution in [1.82, 2.24) is 14.3 Å². The summed E-state index contributed by atoms with van der Waals surface area (Å²) in [5, 5.41) is 0.577. The maximum absolute atomic E-state index is 13.2. The molecule has 0 aliphatic carbocycles. The fourth-order valence-corrected chi connectivity index (χ4v) is 3.71. The molecular formula is C20H19ClN4O2. The lowest BCUT2D eigenvalue weighted by Crippen LogP contribution is -2.57. The molecule has 2 aromatic heterocycles. The molecule has 3 aromatic rings. The second-order valence-electron chi connectivity index (χ2n) is 6.74. The van der Waals surface area contributed by atoms with Crippen molar-refractivity contribution in [3.8, 4) is 0 Å². The third-order valence-corrected chi connectivity index (χ3v) is 5.11. The van der Waals surface area contributed by atoms with Gasteiger partial charge in [0.2, 0.25) is 5.91 Å². The highest BCUT2D eigenvalue weighted by molar-refractivity contribution is 6.30. The van der Waals surface area contributed by atoms with E-state index in [9.17, 15) is 9.59 Å². The summed E-state index contributed by atoms with van der Waals surface area (Å²) >= 11 is 6.06. The minimum absolute atomic E-state index is 0.0199. The summed E-state index contributed by atoms with van der Waals surface area (Å²) in [5.41, 5.74) is 2.62. The zero-order valence-electron chi connectivity index (χ0n) is 15.1. The van der Waals surface area contributed by atoms with Gasteiger partial charge in [0.25, 0.3) is 5.91 Å². The summed E-state index contributed by atoms with van der Waals surface area (Å²) < 4.78 is 1.78. The molecule has 4 rings (SSSR count). The Balaban J connectivity index is 1.63. The van der Waals surface area contributed by atoms with Crippen LogP contribution in [0.15, 0.2) is 48.7 Å². The van der Waals surface area contributed by atoms with Crippen LogP contribution in [0.3, 0.4) is 0 Å². The highest BCUT2D eigenvalue weighted by Gasteiger charge is 2.35. The monoisotopic (exact) mass is 382 g/mol. The van der Waals surface area contributed by atoms with Crippen molar-refractivity contribution in [3.05, 3.63) is 65.1 Å². The van der Waals surface area contributed by atoms with Crippen molar-refractivity contribution in [2.75, 3.05) is 18.0 Å². The highest BCUT2D eigenvalue weighted by Crippen LogP contribution is 2.25. The summed E-state index contributed by atoms with van der Waals surface area (Å²) in [6, 6.07) is 12.7. The first kappa shape index (κ1) is 17.5. The van der Waals surface area contributed by atoms with Gasteiger partial charge in [-0.05, 0) is 44.2 Å². The van der Waals surface area contributed by atoms with Crippen LogP contribution in [-0.4, -0.2) is 45.2 Å². The van der Waals surface area contributed by atoms with E-state index >= 15 is 0 Å². The first-order valence-corrected chi connectivity index (χ1v) is 9.14. The highest BCUT2D eigenvalue weighted by atomic mass is 35.5. The normalized spacial score (nSPS) is 17.6. The molecule has 3 heterocycles. The Bertz CT molecular complexity index is 1050. The van der Waals surface area contributed by atoms with Crippen LogP contribution in [0.2, 0.25) is 5.02 Å². The number of anilines is 1. The predicted molar refractivity (Wildman–Crippen MR) is 104 cm³/mol. The number of fused-ring (bicyclic) bond motifs is 1. The van der Waals surface area contributed by atoms with Gasteiger partial charge < -0.3 is 9.80 Å². The van der Waals surface area contributed by atoms with Gasteiger partial charge in [-0.25, -0.2) is 4.98 Å². The van der Waals surface area contributed by atoms with Gasteiger partial charge in [-0.1, -0.05) is 23.7 Å². The Morgan fingerprint density at radius 3 is 2.81 bits per heavy atom. The number of amides is 2. The first-order valence-electron chi connectivity index (χ1n) is 8.76. The van der Waals surface area contributed by atoms with E-state index in [1.807, 2.05) is 50.4 Å². The van der Waals surface area contributed by atoms with Gasteiger partial charge in [0.15, 0.2) is 0 Å². The maximum atomic E-state index is 13.2. The van der Waals surface area contributed by atoms with Gasteiger partial charge in [-0.15, -0.1) is 0 Å². The van der Waals surface area contributed by atoms with Crippen LogP contribution in [-0.2, 0) is 4.79 Å². The van der Waals surface area contributed by atoms with E-state index in [2.05, 4.69) is 4.98 Å². The fourth-order valence-electron chi connectivity index (χ4n) is 3.52. The van der Waals surface area contributed by atoms with E-state index < -0.39 is 0 Å². The molecule has 1 saturated heterocycles. The molecule has 0 spiro atoms. The standard InChI is InChI=1S/C20H19ClN4O2/c1-13-11-25(16-7-5-6-15(21)10-16)18(26)12-24(13)20(27)19-14(2)22-17-8-3-4-9-23(17)19/h3-10,13H,11-12H2,1-2H3/t13-/m1/s1. The van der Waals surface area contributed by atoms with Gasteiger partial charge in [-0.2, -0.15) is 0 Å². The second-order valence-corrected chi connectivity index (χ2v) is 7.18. The molecular weight excluding hydrogens is 364 g/mol. The molecule has 0 unspecified atom stereocenters. The van der Waals surface area contributed by atoms with Crippen LogP contribution in [0.5, 0.6) is 0 Å². The Morgan fingerprint density at radius 2 is 2.04 bits per heavy atom. The number of hydrogen-bond donors (Lipinski definition) is 0. The van der Waals surface area contributed by atoms with Crippen molar-refractivity contribution in [2.24, 2.45) is 0 Å². The number of aryl methyl sites for hydroxylation is 1. The Hall–Kier alpha value is -2.86. The molecule has 0 N–H and O–H groups in total. The first-order chi connectivity index (χ1) is 13.0. The topological polar surface area (TPSA) is 57.9 Å². The lowest BCUT2D eigenvalue weighted by Gasteiger charge is -2.39. The predicted octanol–water partition coefficient (Wildman–Crippen LogP) is 3.17. The zero-order valence-corrected chi connectivity index (χ0v) is 15.8. The van der Waals surface area contributed by atoms with Crippen LogP contribution in [0.25, 0.3) is 5.65 Å². The van der Waals surface area contributed by atoms with E-state index in [1.54, 1.807) is 26.3 Å². The summed E-state index contributed by atoms with van der Waals surface area (Å²) in [6.45, 7) is 4.20. The van der Waals surface area contributed by atoms with E-state index in [1.165, 1.54) is 0 Å². The number of nitrogens with zero attached hydrogens (tertiary/aromatic N) is 4. The molecule has 0 saturated carbocycles. The van der Waals surface area contributed by atoms with Crippen LogP contribution >= 0.6 is 11.6 Å². The fraction of sp³-hybridized carbons (Fsp3) is 0.250. The molecule has 27 heavy (non-hydrogen) atoms. The molecule has 138 valence electrons. The molecule has 1 aliphatic heterocycles. The van der Waals surface area contributed by atoms with Gasteiger partial charge >= 0.3 is 0 Å². The van der Waals surface area contributed by atoms with Gasteiger partial charge in [-0.3, -0.25) is 14.0 Å². The number of piperazine rings is 1. The minimum atomic E-state index is -0.183. The SMILES string of the molecule is Cc1nc2ccccn2c1C(=O)N1CC(=O)N(c2cccc(Cl)c2)C[C@H]1C. The van der Waals surface area contributed by atoms with E-state index in [0.29, 0.717) is 23.0 Å². The lowest BCUT2D eigenvalue weighted by atomic mass is 10.1. The number of hydrogen-bond acceptors (Lipinski definition) is 3. The quantitative estimate of drug-likeness (QED) is 0.684. The molecule has 6 nitrogen and oxygen atoms in total. The van der Waals surface area contributed by atoms with Crippen molar-refractivity contribution < 1.29 is 9.59 Å². The summed E-state index contributed by atoms with van der Waals surface area (Å²) in [5.74, 6) is -0.312. The molecule has 7 heteroatoms. The number of halogens is 1. The smallest absolute Gasteiger partial charge is 0.273 e. The number of carbonyl (C=O) groups excluding carboxylic acids is 2. The van der Waals surface area contributed by atoms with Crippen LogP contribution in [0, 0.1) is 6.92 Å².